The summed E-state index contributed by atoms with van der Waals surface area (Å²) in [5.74, 6) is 0. The summed E-state index contributed by atoms with van der Waals surface area (Å²) < 4.78 is 202. The average Bonchev–Trinajstić information content (AvgIpc) is 1.11. The molecule has 6 heterocycles. The maximum absolute atomic E-state index is 10.3. The molecule has 0 aliphatic carbocycles. The number of anilines is 6. The number of rotatable bonds is 10. The zero-order valence-corrected chi connectivity index (χ0v) is 61.2. The molecule has 530 valence electrons. The fourth-order valence-electron chi connectivity index (χ4n) is 18.0. The Morgan fingerprint density at radius 1 is 0.248 bits per heavy atom. The largest absolute Gasteiger partial charge is 0.310 e. The van der Waals surface area contributed by atoms with Gasteiger partial charge in [-0.3, -0.25) is 0 Å². The molecular weight excluding hydrogens is 1370 g/mol. The molecule has 0 spiro atoms. The van der Waals surface area contributed by atoms with Crippen LogP contribution in [0.1, 0.15) is 53.7 Å². The lowest BCUT2D eigenvalue weighted by Gasteiger charge is -2.46. The van der Waals surface area contributed by atoms with E-state index in [1.807, 2.05) is 217 Å². The highest BCUT2D eigenvalue weighted by Gasteiger charge is 2.46. The van der Waals surface area contributed by atoms with Crippen molar-refractivity contribution in [1.29, 1.82) is 0 Å². The van der Waals surface area contributed by atoms with Gasteiger partial charge in [0.15, 0.2) is 0 Å². The Hall–Kier alpha value is -14.4. The number of benzene rings is 17. The summed E-state index contributed by atoms with van der Waals surface area (Å²) in [7, 11) is 0. The maximum Gasteiger partial charge on any atom is 0.252 e. The molecule has 0 saturated carbocycles. The van der Waals surface area contributed by atoms with Crippen LogP contribution in [0.15, 0.2) is 388 Å². The Kier molecular flexibility index (Phi) is 10.5. The van der Waals surface area contributed by atoms with E-state index in [0.29, 0.717) is 78.2 Å². The van der Waals surface area contributed by atoms with E-state index in [1.54, 1.807) is 6.07 Å². The zero-order chi connectivity index (χ0) is 92.1. The maximum atomic E-state index is 10.3. The molecule has 6 nitrogen and oxygen atoms in total. The third-order valence-electron chi connectivity index (χ3n) is 22.9. The smallest absolute Gasteiger partial charge is 0.252 e. The van der Waals surface area contributed by atoms with Gasteiger partial charge in [0.05, 0.1) is 88.6 Å². The SMILES string of the molecule is [2H]c1c([2H])c([2H])c2c(c1[2H])c1cc(-n3c4ccccc4c4ccccc43)ccc1n2-c1ccc2c(c1)N(c1c(-c3ccccc3)cccc1-c1ccccc1)c1cc(-n3c4c([2H])c([2H])c([2H])c([2H])c4c4c([2H])c([2H])c([2H])c([2H])c43)cc3c1B2c1ccc(-n2c4c([2H])c([2H])c([2H])c([2H])c4c4c([2H])c([2H])c([2H])c([2H])c42)cc1N3c1c(-c2ccccc2)cc(C(C)(C)C)cc1-c1ccccc1. The van der Waals surface area contributed by atoms with E-state index in [-0.39, 0.29) is 78.0 Å². The summed E-state index contributed by atoms with van der Waals surface area (Å²) in [5, 5.41) is 2.15. The van der Waals surface area contributed by atoms with Crippen molar-refractivity contribution in [2.24, 2.45) is 0 Å². The summed E-state index contributed by atoms with van der Waals surface area (Å²) in [6, 6.07) is 76.9. The Bertz CT molecular complexity index is 8440. The van der Waals surface area contributed by atoms with Crippen LogP contribution in [0.2, 0.25) is 0 Å². The van der Waals surface area contributed by atoms with Gasteiger partial charge in [0.1, 0.15) is 0 Å². The summed E-state index contributed by atoms with van der Waals surface area (Å²) in [6.45, 7) is 5.45. The molecular formula is C106H73BN6. The first-order valence-electron chi connectivity index (χ1n) is 47.7. The minimum Gasteiger partial charge on any atom is -0.310 e. The summed E-state index contributed by atoms with van der Waals surface area (Å²) >= 11 is 0. The number of hydrogen-bond acceptors (Lipinski definition) is 2. The minimum absolute atomic E-state index is 0.135. The van der Waals surface area contributed by atoms with Crippen LogP contribution in [0.5, 0.6) is 0 Å². The number of nitrogens with zero attached hydrogens (tertiary/aromatic N) is 6. The van der Waals surface area contributed by atoms with Crippen molar-refractivity contribution in [2.45, 2.75) is 26.2 Å². The molecule has 2 aliphatic rings. The first-order chi connectivity index (χ1) is 64.0. The molecule has 17 aromatic carbocycles. The van der Waals surface area contributed by atoms with E-state index in [0.717, 1.165) is 66.4 Å². The van der Waals surface area contributed by atoms with Gasteiger partial charge in [-0.05, 0) is 159 Å². The monoisotopic (exact) mass is 1460 g/mol. The molecule has 4 aromatic heterocycles. The molecule has 0 N–H and O–H groups in total. The van der Waals surface area contributed by atoms with Gasteiger partial charge >= 0.3 is 0 Å². The van der Waals surface area contributed by atoms with Gasteiger partial charge in [-0.2, -0.15) is 0 Å². The molecule has 2 aliphatic heterocycles. The van der Waals surface area contributed by atoms with Crippen molar-refractivity contribution in [3.8, 4) is 67.3 Å². The van der Waals surface area contributed by atoms with Crippen molar-refractivity contribution in [3.63, 3.8) is 0 Å². The molecule has 0 radical (unpaired) electrons. The van der Waals surface area contributed by atoms with E-state index in [1.165, 1.54) is 9.13 Å². The number of para-hydroxylation sites is 8. The molecule has 0 amide bonds. The van der Waals surface area contributed by atoms with Gasteiger partial charge in [-0.1, -0.05) is 299 Å². The van der Waals surface area contributed by atoms with Crippen LogP contribution < -0.4 is 26.2 Å². The number of aromatic nitrogens is 4. The van der Waals surface area contributed by atoms with Gasteiger partial charge in [0.25, 0.3) is 6.71 Å². The molecule has 23 rings (SSSR count). The van der Waals surface area contributed by atoms with Crippen LogP contribution in [0, 0.1) is 0 Å². The van der Waals surface area contributed by atoms with Crippen LogP contribution in [-0.2, 0) is 5.41 Å². The van der Waals surface area contributed by atoms with Crippen molar-refractivity contribution in [3.05, 3.63) is 393 Å². The quantitative estimate of drug-likeness (QED) is 0.128. The molecule has 0 unspecified atom stereocenters. The van der Waals surface area contributed by atoms with Gasteiger partial charge in [-0.15, -0.1) is 0 Å². The lowest BCUT2D eigenvalue weighted by Crippen LogP contribution is -2.61. The van der Waals surface area contributed by atoms with Crippen LogP contribution >= 0.6 is 0 Å². The third kappa shape index (κ3) is 9.81. The van der Waals surface area contributed by atoms with Gasteiger partial charge in [0.2, 0.25) is 0 Å². The van der Waals surface area contributed by atoms with E-state index >= 15 is 0 Å². The van der Waals surface area contributed by atoms with Crippen LogP contribution in [-0.4, -0.2) is 25.0 Å². The highest BCUT2D eigenvalue weighted by Crippen LogP contribution is 2.56. The van der Waals surface area contributed by atoms with Crippen LogP contribution in [0.3, 0.4) is 0 Å². The van der Waals surface area contributed by atoms with Crippen molar-refractivity contribution in [2.75, 3.05) is 9.80 Å². The number of hydrogen-bond donors (Lipinski definition) is 0. The third-order valence-corrected chi connectivity index (χ3v) is 22.9. The molecule has 0 fully saturated rings. The number of fused-ring (bicyclic) bond motifs is 16. The second-order valence-corrected chi connectivity index (χ2v) is 30.0. The zero-order valence-electron chi connectivity index (χ0n) is 81.2. The van der Waals surface area contributed by atoms with Crippen LogP contribution in [0.4, 0.5) is 34.1 Å². The second-order valence-electron chi connectivity index (χ2n) is 30.0. The molecule has 0 atom stereocenters. The molecule has 0 bridgehead atoms. The first kappa shape index (κ1) is 47.5. The highest BCUT2D eigenvalue weighted by atomic mass is 15.2. The predicted octanol–water partition coefficient (Wildman–Crippen LogP) is 26.1. The second kappa shape index (κ2) is 25.1. The molecule has 0 saturated heterocycles. The Balaban J connectivity index is 0.946. The highest BCUT2D eigenvalue weighted by molar-refractivity contribution is 7.00. The summed E-state index contributed by atoms with van der Waals surface area (Å²) in [6.07, 6.45) is 0. The first-order valence-corrected chi connectivity index (χ1v) is 37.7. The fraction of sp³-hybridized carbons (Fsp3) is 0.0377. The van der Waals surface area contributed by atoms with Gasteiger partial charge < -0.3 is 28.1 Å². The molecule has 7 heteroatoms. The van der Waals surface area contributed by atoms with E-state index in [2.05, 4.69) is 83.7 Å². The van der Waals surface area contributed by atoms with Crippen molar-refractivity contribution >= 4 is 144 Å². The summed E-state index contributed by atoms with van der Waals surface area (Å²) in [4.78, 5) is 4.34. The Morgan fingerprint density at radius 2 is 0.566 bits per heavy atom. The molecule has 21 aromatic rings. The van der Waals surface area contributed by atoms with Gasteiger partial charge in [0, 0.05) is 105 Å². The van der Waals surface area contributed by atoms with Crippen LogP contribution in [0.25, 0.3) is 154 Å². The Labute approximate surface area is 683 Å². The lowest BCUT2D eigenvalue weighted by atomic mass is 9.33. The van der Waals surface area contributed by atoms with Gasteiger partial charge in [-0.25, -0.2) is 0 Å². The minimum atomic E-state index is -0.970. The van der Waals surface area contributed by atoms with E-state index in [9.17, 15) is 27.4 Å². The lowest BCUT2D eigenvalue weighted by molar-refractivity contribution is 0.591. The van der Waals surface area contributed by atoms with Crippen molar-refractivity contribution in [1.82, 2.24) is 18.3 Å². The normalized spacial score (nSPS) is 15.2. The summed E-state index contributed by atoms with van der Waals surface area (Å²) in [5.41, 5.74) is 14.5. The van der Waals surface area contributed by atoms with E-state index in [4.69, 9.17) is 0 Å². The molecule has 113 heavy (non-hydrogen) atoms. The van der Waals surface area contributed by atoms with E-state index < -0.39 is 121 Å². The topological polar surface area (TPSA) is 26.2 Å². The Morgan fingerprint density at radius 3 is 0.991 bits per heavy atom. The standard InChI is InChI=1S/C106H73BN6/c1-106(2,3)72-61-86(70-35-12-6-13-36-70)105(87(62-72)71-37-14-7-15-38-71)113-100-64-74(109-93-50-25-18-41-81(93)82-42-19-26-51-94(82)109)55-58-90(100)107-89-59-56-75(110-97-54-29-22-45-85(97)88-63-73(57-60-98(88)110)108-91-48-23-16-39-79(91)80-40-17-24-49-92(80)108)65-99(89)112(104-77(68-31-8-4-9-32-68)46-30-47-78(104)69-33-10-5-11-34-69)101-66-76(67-102(113)103(101)107)111-95-52-27-20-43-83(95)84-44-21-28-53-96(84)111/h4-67H,1-3H3/i18D,19D,20D,21D,22D,25D,26D,27D,28D,29D,41D,42D,43D,44D,45D,50D,51D,52D,53D,54D. The predicted molar refractivity (Wildman–Crippen MR) is 478 cm³/mol. The average molecular weight is 1460 g/mol. The fourth-order valence-corrected chi connectivity index (χ4v) is 18.0. The van der Waals surface area contributed by atoms with Crippen molar-refractivity contribution < 1.29 is 27.4 Å².